The molecule has 0 saturated carbocycles. The highest BCUT2D eigenvalue weighted by Crippen LogP contribution is 2.41. The maximum absolute atomic E-state index is 11.4. The van der Waals surface area contributed by atoms with Gasteiger partial charge in [-0.05, 0) is 30.6 Å². The smallest absolute Gasteiger partial charge is 0.320 e. The van der Waals surface area contributed by atoms with Gasteiger partial charge in [-0.15, -0.1) is 11.8 Å². The quantitative estimate of drug-likeness (QED) is 0.669. The Bertz CT molecular complexity index is 483. The largest absolute Gasteiger partial charge is 0.480 e. The van der Waals surface area contributed by atoms with Crippen LogP contribution in [-0.2, 0) is 11.2 Å². The van der Waals surface area contributed by atoms with E-state index in [1.807, 2.05) is 0 Å². The third kappa shape index (κ3) is 2.48. The molecule has 0 radical (unpaired) electrons. The number of non-ortho nitro benzene ring substituents is 1. The van der Waals surface area contributed by atoms with E-state index in [1.165, 1.54) is 23.9 Å². The van der Waals surface area contributed by atoms with Gasteiger partial charge in [0, 0.05) is 12.1 Å². The van der Waals surface area contributed by atoms with Crippen molar-refractivity contribution in [3.63, 3.8) is 0 Å². The lowest BCUT2D eigenvalue weighted by Crippen LogP contribution is -2.34. The second-order valence-corrected chi connectivity index (χ2v) is 5.83. The van der Waals surface area contributed by atoms with Gasteiger partial charge in [0.15, 0.2) is 0 Å². The molecular formula is C12H13NO4S. The van der Waals surface area contributed by atoms with E-state index in [9.17, 15) is 20.0 Å². The highest BCUT2D eigenvalue weighted by Gasteiger charge is 2.42. The molecule has 1 aromatic carbocycles. The zero-order valence-corrected chi connectivity index (χ0v) is 10.5. The Morgan fingerprint density at radius 1 is 1.56 bits per heavy atom. The summed E-state index contributed by atoms with van der Waals surface area (Å²) < 4.78 is -0.810. The molecule has 0 aliphatic carbocycles. The molecule has 1 unspecified atom stereocenters. The molecule has 1 aromatic rings. The first-order valence-corrected chi connectivity index (χ1v) is 6.63. The minimum Gasteiger partial charge on any atom is -0.480 e. The van der Waals surface area contributed by atoms with Crippen molar-refractivity contribution in [1.82, 2.24) is 0 Å². The molecular weight excluding hydrogens is 254 g/mol. The number of carboxylic acid groups (broad SMARTS) is 1. The lowest BCUT2D eigenvalue weighted by Gasteiger charge is -2.22. The molecule has 1 heterocycles. The van der Waals surface area contributed by atoms with Gasteiger partial charge in [-0.2, -0.15) is 0 Å². The summed E-state index contributed by atoms with van der Waals surface area (Å²) in [4.78, 5) is 21.6. The van der Waals surface area contributed by atoms with E-state index in [2.05, 4.69) is 0 Å². The number of aliphatic carboxylic acids is 1. The summed E-state index contributed by atoms with van der Waals surface area (Å²) in [7, 11) is 0. The van der Waals surface area contributed by atoms with Crippen LogP contribution in [0.2, 0.25) is 0 Å². The van der Waals surface area contributed by atoms with Crippen molar-refractivity contribution in [3.05, 3.63) is 39.9 Å². The molecule has 0 spiro atoms. The van der Waals surface area contributed by atoms with E-state index >= 15 is 0 Å². The second kappa shape index (κ2) is 4.97. The Balaban J connectivity index is 2.24. The SMILES string of the molecule is O=C(O)C1(Cc2cccc([N+](=O)[O-])c2)CCCS1. The predicted octanol–water partition coefficient (Wildman–Crippen LogP) is 2.49. The monoisotopic (exact) mass is 267 g/mol. The number of nitro groups is 1. The topological polar surface area (TPSA) is 80.4 Å². The molecule has 1 aliphatic heterocycles. The Morgan fingerprint density at radius 2 is 2.33 bits per heavy atom. The third-order valence-corrected chi connectivity index (χ3v) is 4.67. The minimum atomic E-state index is -0.823. The molecule has 0 aromatic heterocycles. The summed E-state index contributed by atoms with van der Waals surface area (Å²) in [6.45, 7) is 0. The average molecular weight is 267 g/mol. The Kier molecular flexibility index (Phi) is 3.56. The predicted molar refractivity (Wildman–Crippen MR) is 68.9 cm³/mol. The summed E-state index contributed by atoms with van der Waals surface area (Å²) in [5, 5.41) is 20.0. The van der Waals surface area contributed by atoms with Crippen LogP contribution in [0.25, 0.3) is 0 Å². The van der Waals surface area contributed by atoms with Crippen molar-refractivity contribution in [2.75, 3.05) is 5.75 Å². The van der Waals surface area contributed by atoms with Crippen LogP contribution in [0.1, 0.15) is 18.4 Å². The van der Waals surface area contributed by atoms with Crippen LogP contribution in [0.15, 0.2) is 24.3 Å². The number of nitro benzene ring substituents is 1. The van der Waals surface area contributed by atoms with Crippen LogP contribution >= 0.6 is 11.8 Å². The molecule has 0 amide bonds. The number of hydrogen-bond acceptors (Lipinski definition) is 4. The maximum atomic E-state index is 11.4. The standard InChI is InChI=1S/C12H13NO4S/c14-11(15)12(5-2-6-18-12)8-9-3-1-4-10(7-9)13(16)17/h1,3-4,7H,2,5-6,8H2,(H,14,15). The first-order chi connectivity index (χ1) is 8.53. The molecule has 0 bridgehead atoms. The Morgan fingerprint density at radius 3 is 2.89 bits per heavy atom. The van der Waals surface area contributed by atoms with Gasteiger partial charge in [0.2, 0.25) is 0 Å². The Labute approximate surface area is 108 Å². The number of rotatable bonds is 4. The van der Waals surface area contributed by atoms with E-state index in [4.69, 9.17) is 0 Å². The molecule has 1 fully saturated rings. The van der Waals surface area contributed by atoms with Gasteiger partial charge < -0.3 is 5.11 Å². The molecule has 18 heavy (non-hydrogen) atoms. The van der Waals surface area contributed by atoms with Gasteiger partial charge in [0.05, 0.1) is 4.92 Å². The average Bonchev–Trinajstić information content (AvgIpc) is 2.79. The summed E-state index contributed by atoms with van der Waals surface area (Å²) in [6, 6.07) is 6.22. The molecule has 1 atom stereocenters. The molecule has 6 heteroatoms. The summed E-state index contributed by atoms with van der Waals surface area (Å²) >= 11 is 1.44. The van der Waals surface area contributed by atoms with Crippen molar-refractivity contribution in [1.29, 1.82) is 0 Å². The fourth-order valence-electron chi connectivity index (χ4n) is 2.19. The van der Waals surface area contributed by atoms with Crippen molar-refractivity contribution in [2.45, 2.75) is 24.0 Å². The van der Waals surface area contributed by atoms with E-state index in [1.54, 1.807) is 12.1 Å². The van der Waals surface area contributed by atoms with E-state index in [-0.39, 0.29) is 5.69 Å². The zero-order valence-electron chi connectivity index (χ0n) is 9.67. The summed E-state index contributed by atoms with van der Waals surface area (Å²) in [6.07, 6.45) is 1.84. The van der Waals surface area contributed by atoms with Gasteiger partial charge in [0.1, 0.15) is 4.75 Å². The van der Waals surface area contributed by atoms with Gasteiger partial charge in [-0.25, -0.2) is 0 Å². The number of thioether (sulfide) groups is 1. The van der Waals surface area contributed by atoms with Crippen molar-refractivity contribution in [3.8, 4) is 0 Å². The lowest BCUT2D eigenvalue weighted by atomic mass is 9.94. The second-order valence-electron chi connectivity index (χ2n) is 4.36. The van der Waals surface area contributed by atoms with Crippen LogP contribution in [0.3, 0.4) is 0 Å². The zero-order chi connectivity index (χ0) is 13.2. The lowest BCUT2D eigenvalue weighted by molar-refractivity contribution is -0.384. The summed E-state index contributed by atoms with van der Waals surface area (Å²) in [5.41, 5.74) is 0.719. The van der Waals surface area contributed by atoms with Gasteiger partial charge >= 0.3 is 5.97 Å². The fraction of sp³-hybridized carbons (Fsp3) is 0.417. The number of carbonyl (C=O) groups is 1. The van der Waals surface area contributed by atoms with Crippen molar-refractivity contribution < 1.29 is 14.8 Å². The normalized spacial score (nSPS) is 22.9. The maximum Gasteiger partial charge on any atom is 0.320 e. The molecule has 2 rings (SSSR count). The first-order valence-electron chi connectivity index (χ1n) is 5.64. The van der Waals surface area contributed by atoms with Crippen LogP contribution in [0.5, 0.6) is 0 Å². The highest BCUT2D eigenvalue weighted by molar-refractivity contribution is 8.01. The van der Waals surface area contributed by atoms with Crippen molar-refractivity contribution in [2.24, 2.45) is 0 Å². The minimum absolute atomic E-state index is 0.0102. The number of benzene rings is 1. The van der Waals surface area contributed by atoms with E-state index < -0.39 is 15.6 Å². The van der Waals surface area contributed by atoms with Crippen LogP contribution < -0.4 is 0 Å². The molecule has 1 N–H and O–H groups in total. The fourth-order valence-corrected chi connectivity index (χ4v) is 3.55. The third-order valence-electron chi connectivity index (χ3n) is 3.10. The van der Waals surface area contributed by atoms with E-state index in [0.29, 0.717) is 18.4 Å². The molecule has 5 nitrogen and oxygen atoms in total. The van der Waals surface area contributed by atoms with Crippen LogP contribution in [-0.4, -0.2) is 26.5 Å². The van der Waals surface area contributed by atoms with Gasteiger partial charge in [-0.3, -0.25) is 14.9 Å². The first kappa shape index (κ1) is 12.9. The van der Waals surface area contributed by atoms with Gasteiger partial charge in [-0.1, -0.05) is 12.1 Å². The Hall–Kier alpha value is -1.56. The number of carboxylic acids is 1. The van der Waals surface area contributed by atoms with Gasteiger partial charge in [0.25, 0.3) is 5.69 Å². The highest BCUT2D eigenvalue weighted by atomic mass is 32.2. The number of hydrogen-bond donors (Lipinski definition) is 1. The van der Waals surface area contributed by atoms with Crippen molar-refractivity contribution >= 4 is 23.4 Å². The summed E-state index contributed by atoms with van der Waals surface area (Å²) in [5.74, 6) is 0.0119. The molecule has 1 aliphatic rings. The number of nitrogens with zero attached hydrogens (tertiary/aromatic N) is 1. The van der Waals surface area contributed by atoms with Crippen LogP contribution in [0, 0.1) is 10.1 Å². The van der Waals surface area contributed by atoms with E-state index in [0.717, 1.165) is 12.2 Å². The van der Waals surface area contributed by atoms with Crippen LogP contribution in [0.4, 0.5) is 5.69 Å². The molecule has 1 saturated heterocycles. The molecule has 96 valence electrons.